The van der Waals surface area contributed by atoms with Gasteiger partial charge < -0.3 is 5.73 Å². The van der Waals surface area contributed by atoms with Crippen molar-refractivity contribution in [3.8, 4) is 0 Å². The average Bonchev–Trinajstić information content (AvgIpc) is 2.28. The summed E-state index contributed by atoms with van der Waals surface area (Å²) in [4.78, 5) is 18.5. The number of nitro groups is 1. The van der Waals surface area contributed by atoms with E-state index in [9.17, 15) is 10.1 Å². The highest BCUT2D eigenvalue weighted by molar-refractivity contribution is 5.83. The summed E-state index contributed by atoms with van der Waals surface area (Å²) in [5, 5.41) is 11.4. The molecule has 6 nitrogen and oxygen atoms in total. The Hall–Kier alpha value is -2.08. The summed E-state index contributed by atoms with van der Waals surface area (Å²) in [6, 6.07) is 4.50. The van der Waals surface area contributed by atoms with Gasteiger partial charge in [-0.15, -0.1) is 0 Å². The van der Waals surface area contributed by atoms with E-state index in [4.69, 9.17) is 5.73 Å². The molecule has 0 radical (unpaired) electrons. The van der Waals surface area contributed by atoms with E-state index in [0.29, 0.717) is 17.3 Å². The summed E-state index contributed by atoms with van der Waals surface area (Å²) in [6.07, 6.45) is 2.02. The molecule has 1 aromatic carbocycles. The molecule has 2 N–H and O–H groups in total. The van der Waals surface area contributed by atoms with Gasteiger partial charge in [0, 0.05) is 30.0 Å². The smallest absolute Gasteiger partial charge is 0.270 e. The van der Waals surface area contributed by atoms with Crippen LogP contribution in [-0.2, 0) is 6.42 Å². The zero-order chi connectivity index (χ0) is 12.4. The van der Waals surface area contributed by atoms with Crippen LogP contribution in [0.4, 0.5) is 5.69 Å². The second-order valence-corrected chi connectivity index (χ2v) is 3.96. The monoisotopic (exact) mass is 232 g/mol. The normalized spacial score (nSPS) is 12.6. The van der Waals surface area contributed by atoms with E-state index >= 15 is 0 Å². The molecule has 1 atom stereocenters. The first kappa shape index (κ1) is 11.4. The third-order valence-electron chi connectivity index (χ3n) is 2.43. The van der Waals surface area contributed by atoms with E-state index in [1.807, 2.05) is 6.92 Å². The molecule has 1 unspecified atom stereocenters. The van der Waals surface area contributed by atoms with Crippen LogP contribution in [0, 0.1) is 10.1 Å². The van der Waals surface area contributed by atoms with Gasteiger partial charge >= 0.3 is 0 Å². The van der Waals surface area contributed by atoms with Crippen LogP contribution in [0.2, 0.25) is 0 Å². The number of aromatic nitrogens is 2. The fourth-order valence-corrected chi connectivity index (χ4v) is 1.68. The number of nitrogens with zero attached hydrogens (tertiary/aromatic N) is 3. The van der Waals surface area contributed by atoms with Crippen LogP contribution >= 0.6 is 0 Å². The minimum absolute atomic E-state index is 0.0400. The molecule has 1 aromatic heterocycles. The second-order valence-electron chi connectivity index (χ2n) is 3.96. The molecule has 2 rings (SSSR count). The zero-order valence-corrected chi connectivity index (χ0v) is 9.33. The summed E-state index contributed by atoms with van der Waals surface area (Å²) < 4.78 is 0. The number of nitro benzene ring substituents is 1. The molecular weight excluding hydrogens is 220 g/mol. The van der Waals surface area contributed by atoms with Gasteiger partial charge in [-0.2, -0.15) is 0 Å². The lowest BCUT2D eigenvalue weighted by Crippen LogP contribution is -2.18. The molecule has 0 aliphatic carbocycles. The Morgan fingerprint density at radius 1 is 1.47 bits per heavy atom. The van der Waals surface area contributed by atoms with Gasteiger partial charge in [0.25, 0.3) is 5.69 Å². The SMILES string of the molecule is CC(N)Cc1ncnc2ccc([N+](=O)[O-])cc12. The minimum Gasteiger partial charge on any atom is -0.328 e. The Bertz CT molecular complexity index is 568. The number of fused-ring (bicyclic) bond motifs is 1. The number of rotatable bonds is 3. The molecule has 0 amide bonds. The molecule has 0 saturated carbocycles. The standard InChI is InChI=1S/C11H12N4O2/c1-7(12)4-11-9-5-8(15(16)17)2-3-10(9)13-6-14-11/h2-3,5-7H,4,12H2,1H3. The van der Waals surface area contributed by atoms with Crippen LogP contribution in [0.5, 0.6) is 0 Å². The molecule has 0 spiro atoms. The van der Waals surface area contributed by atoms with Crippen LogP contribution in [0.3, 0.4) is 0 Å². The van der Waals surface area contributed by atoms with E-state index in [1.165, 1.54) is 18.5 Å². The minimum atomic E-state index is -0.428. The van der Waals surface area contributed by atoms with E-state index in [0.717, 1.165) is 5.69 Å². The quantitative estimate of drug-likeness (QED) is 0.638. The van der Waals surface area contributed by atoms with Crippen molar-refractivity contribution >= 4 is 16.6 Å². The first-order valence-electron chi connectivity index (χ1n) is 5.21. The van der Waals surface area contributed by atoms with Gasteiger partial charge in [0.15, 0.2) is 0 Å². The van der Waals surface area contributed by atoms with Gasteiger partial charge in [0.05, 0.1) is 16.1 Å². The van der Waals surface area contributed by atoms with Crippen LogP contribution in [-0.4, -0.2) is 20.9 Å². The molecule has 1 heterocycles. The predicted molar refractivity (Wildman–Crippen MR) is 63.5 cm³/mol. The first-order chi connectivity index (χ1) is 8.08. The van der Waals surface area contributed by atoms with Crippen LogP contribution in [0.15, 0.2) is 24.5 Å². The molecule has 6 heteroatoms. The molecule has 2 aromatic rings. The van der Waals surface area contributed by atoms with Gasteiger partial charge in [-0.25, -0.2) is 9.97 Å². The van der Waals surface area contributed by atoms with Gasteiger partial charge in [-0.3, -0.25) is 10.1 Å². The topological polar surface area (TPSA) is 94.9 Å². The second kappa shape index (κ2) is 4.42. The van der Waals surface area contributed by atoms with Crippen molar-refractivity contribution in [2.45, 2.75) is 19.4 Å². The zero-order valence-electron chi connectivity index (χ0n) is 9.33. The number of hydrogen-bond donors (Lipinski definition) is 1. The Morgan fingerprint density at radius 3 is 2.88 bits per heavy atom. The molecule has 88 valence electrons. The summed E-state index contributed by atoms with van der Waals surface area (Å²) >= 11 is 0. The van der Waals surface area contributed by atoms with Crippen LogP contribution in [0.1, 0.15) is 12.6 Å². The van der Waals surface area contributed by atoms with E-state index in [2.05, 4.69) is 9.97 Å². The molecule has 0 aliphatic rings. The average molecular weight is 232 g/mol. The maximum absolute atomic E-state index is 10.7. The largest absolute Gasteiger partial charge is 0.328 e. The molecule has 17 heavy (non-hydrogen) atoms. The molecule has 0 bridgehead atoms. The third-order valence-corrected chi connectivity index (χ3v) is 2.43. The lowest BCUT2D eigenvalue weighted by Gasteiger charge is -2.07. The maximum atomic E-state index is 10.7. The number of non-ortho nitro benzene ring substituents is 1. The highest BCUT2D eigenvalue weighted by Crippen LogP contribution is 2.21. The number of hydrogen-bond acceptors (Lipinski definition) is 5. The van der Waals surface area contributed by atoms with E-state index in [-0.39, 0.29) is 11.7 Å². The van der Waals surface area contributed by atoms with E-state index < -0.39 is 4.92 Å². The number of nitrogens with two attached hydrogens (primary N) is 1. The lowest BCUT2D eigenvalue weighted by molar-refractivity contribution is -0.384. The highest BCUT2D eigenvalue weighted by atomic mass is 16.6. The Morgan fingerprint density at radius 2 is 2.24 bits per heavy atom. The van der Waals surface area contributed by atoms with Crippen molar-refractivity contribution in [2.75, 3.05) is 0 Å². The summed E-state index contributed by atoms with van der Waals surface area (Å²) in [6.45, 7) is 1.87. The first-order valence-corrected chi connectivity index (χ1v) is 5.21. The molecule has 0 aliphatic heterocycles. The van der Waals surface area contributed by atoms with Crippen molar-refractivity contribution in [1.29, 1.82) is 0 Å². The number of benzene rings is 1. The van der Waals surface area contributed by atoms with Crippen molar-refractivity contribution in [1.82, 2.24) is 9.97 Å². The lowest BCUT2D eigenvalue weighted by atomic mass is 10.1. The van der Waals surface area contributed by atoms with E-state index in [1.54, 1.807) is 6.07 Å². The molecule has 0 fully saturated rings. The molecular formula is C11H12N4O2. The van der Waals surface area contributed by atoms with Gasteiger partial charge in [-0.05, 0) is 13.0 Å². The van der Waals surface area contributed by atoms with Crippen molar-refractivity contribution in [2.24, 2.45) is 5.73 Å². The van der Waals surface area contributed by atoms with Crippen LogP contribution < -0.4 is 5.73 Å². The Balaban J connectivity index is 2.59. The van der Waals surface area contributed by atoms with Crippen molar-refractivity contribution in [3.05, 3.63) is 40.3 Å². The van der Waals surface area contributed by atoms with Crippen molar-refractivity contribution in [3.63, 3.8) is 0 Å². The van der Waals surface area contributed by atoms with Crippen molar-refractivity contribution < 1.29 is 4.92 Å². The van der Waals surface area contributed by atoms with Gasteiger partial charge in [0.1, 0.15) is 6.33 Å². The summed E-state index contributed by atoms with van der Waals surface area (Å²) in [7, 11) is 0. The van der Waals surface area contributed by atoms with Gasteiger partial charge in [0.2, 0.25) is 0 Å². The Kier molecular flexibility index (Phi) is 2.97. The van der Waals surface area contributed by atoms with Gasteiger partial charge in [-0.1, -0.05) is 0 Å². The predicted octanol–water partition coefficient (Wildman–Crippen LogP) is 1.43. The molecule has 0 saturated heterocycles. The highest BCUT2D eigenvalue weighted by Gasteiger charge is 2.11. The summed E-state index contributed by atoms with van der Waals surface area (Å²) in [5.41, 5.74) is 7.20. The fraction of sp³-hybridized carbons (Fsp3) is 0.273. The summed E-state index contributed by atoms with van der Waals surface area (Å²) in [5.74, 6) is 0. The maximum Gasteiger partial charge on any atom is 0.270 e. The van der Waals surface area contributed by atoms with Crippen LogP contribution in [0.25, 0.3) is 10.9 Å². The fourth-order valence-electron chi connectivity index (χ4n) is 1.68. The Labute approximate surface area is 97.6 Å². The third kappa shape index (κ3) is 2.36.